The Hall–Kier alpha value is -3.03. The van der Waals surface area contributed by atoms with Crippen LogP contribution in [0.15, 0.2) is 47.7 Å². The zero-order valence-electron chi connectivity index (χ0n) is 17.7. The van der Waals surface area contributed by atoms with Crippen molar-refractivity contribution in [2.45, 2.75) is 45.9 Å². The van der Waals surface area contributed by atoms with Crippen LogP contribution in [0.25, 0.3) is 0 Å². The second-order valence-corrected chi connectivity index (χ2v) is 7.59. The number of aromatic nitrogens is 2. The van der Waals surface area contributed by atoms with Gasteiger partial charge >= 0.3 is 6.09 Å². The number of imidazole rings is 1. The van der Waals surface area contributed by atoms with Gasteiger partial charge in [-0.1, -0.05) is 30.3 Å². The van der Waals surface area contributed by atoms with Crippen LogP contribution < -0.4 is 16.0 Å². The molecule has 0 fully saturated rings. The minimum atomic E-state index is -0.486. The number of carbonyl (C=O) groups is 1. The number of amides is 1. The van der Waals surface area contributed by atoms with Gasteiger partial charge in [-0.2, -0.15) is 0 Å². The molecule has 1 amide bonds. The summed E-state index contributed by atoms with van der Waals surface area (Å²) in [5.41, 5.74) is 0.743. The van der Waals surface area contributed by atoms with Crippen molar-refractivity contribution in [1.29, 1.82) is 0 Å². The van der Waals surface area contributed by atoms with E-state index in [-0.39, 0.29) is 0 Å². The summed E-state index contributed by atoms with van der Waals surface area (Å²) in [6, 6.07) is 10.3. The van der Waals surface area contributed by atoms with Crippen molar-refractivity contribution in [1.82, 2.24) is 25.5 Å². The molecule has 1 aromatic heterocycles. The van der Waals surface area contributed by atoms with E-state index in [1.165, 1.54) is 5.56 Å². The van der Waals surface area contributed by atoms with E-state index in [1.807, 2.05) is 45.2 Å². The Bertz CT molecular complexity index is 780. The van der Waals surface area contributed by atoms with E-state index in [0.29, 0.717) is 25.6 Å². The number of ether oxygens (including phenoxy) is 1. The highest BCUT2D eigenvalue weighted by Crippen LogP contribution is 2.06. The number of guanidine groups is 1. The number of nitrogens with one attached hydrogen (secondary N) is 3. The van der Waals surface area contributed by atoms with Gasteiger partial charge < -0.3 is 25.3 Å². The highest BCUT2D eigenvalue weighted by atomic mass is 16.6. The van der Waals surface area contributed by atoms with Gasteiger partial charge in [-0.15, -0.1) is 0 Å². The van der Waals surface area contributed by atoms with Crippen molar-refractivity contribution in [2.24, 2.45) is 4.99 Å². The van der Waals surface area contributed by atoms with Crippen molar-refractivity contribution in [3.8, 4) is 0 Å². The number of rotatable bonds is 8. The first-order chi connectivity index (χ1) is 13.9. The molecule has 158 valence electrons. The van der Waals surface area contributed by atoms with Crippen LogP contribution in [0.4, 0.5) is 4.79 Å². The van der Waals surface area contributed by atoms with Crippen molar-refractivity contribution in [2.75, 3.05) is 20.1 Å². The van der Waals surface area contributed by atoms with Crippen LogP contribution in [-0.4, -0.2) is 47.3 Å². The van der Waals surface area contributed by atoms with Gasteiger partial charge in [0.15, 0.2) is 5.96 Å². The van der Waals surface area contributed by atoms with Gasteiger partial charge in [0.2, 0.25) is 0 Å². The Balaban J connectivity index is 1.69. The fraction of sp³-hybridized carbons (Fsp3) is 0.476. The molecule has 8 nitrogen and oxygen atoms in total. The molecule has 0 spiro atoms. The standard InChI is InChI=1S/C21H32N6O2/c1-21(2,3)29-20(28)25-12-8-11-24-19(22-4)26-15-18-23-13-14-27(18)16-17-9-6-5-7-10-17/h5-7,9-10,13-14H,8,11-12,15-16H2,1-4H3,(H,25,28)(H2,22,24,26). The lowest BCUT2D eigenvalue weighted by Gasteiger charge is -2.19. The van der Waals surface area contributed by atoms with Crippen LogP contribution in [0, 0.1) is 0 Å². The quantitative estimate of drug-likeness (QED) is 0.360. The zero-order valence-corrected chi connectivity index (χ0v) is 17.7. The molecule has 2 aromatic rings. The molecule has 3 N–H and O–H groups in total. The largest absolute Gasteiger partial charge is 0.444 e. The molecular formula is C21H32N6O2. The Morgan fingerprint density at radius 2 is 1.86 bits per heavy atom. The smallest absolute Gasteiger partial charge is 0.407 e. The molecule has 0 unspecified atom stereocenters. The average molecular weight is 401 g/mol. The van der Waals surface area contributed by atoms with E-state index < -0.39 is 11.7 Å². The summed E-state index contributed by atoms with van der Waals surface area (Å²) in [6.45, 7) is 8.07. The Kier molecular flexibility index (Phi) is 8.51. The maximum atomic E-state index is 11.6. The van der Waals surface area contributed by atoms with E-state index in [1.54, 1.807) is 13.2 Å². The molecule has 0 aliphatic rings. The van der Waals surface area contributed by atoms with E-state index in [0.717, 1.165) is 18.8 Å². The number of hydrogen-bond donors (Lipinski definition) is 3. The molecule has 0 saturated carbocycles. The third kappa shape index (κ3) is 8.68. The summed E-state index contributed by atoms with van der Waals surface area (Å²) in [4.78, 5) is 20.3. The lowest BCUT2D eigenvalue weighted by atomic mass is 10.2. The Morgan fingerprint density at radius 1 is 1.14 bits per heavy atom. The Morgan fingerprint density at radius 3 is 2.55 bits per heavy atom. The minimum Gasteiger partial charge on any atom is -0.444 e. The normalized spacial score (nSPS) is 11.8. The van der Waals surface area contributed by atoms with Gasteiger partial charge in [0.25, 0.3) is 0 Å². The monoisotopic (exact) mass is 400 g/mol. The molecule has 1 heterocycles. The molecule has 29 heavy (non-hydrogen) atoms. The molecule has 0 aliphatic heterocycles. The lowest BCUT2D eigenvalue weighted by molar-refractivity contribution is 0.0527. The first kappa shape index (κ1) is 22.3. The van der Waals surface area contributed by atoms with Crippen LogP contribution in [0.3, 0.4) is 0 Å². The van der Waals surface area contributed by atoms with Gasteiger partial charge in [-0.3, -0.25) is 4.99 Å². The molecule has 0 radical (unpaired) electrons. The van der Waals surface area contributed by atoms with E-state index in [4.69, 9.17) is 4.74 Å². The van der Waals surface area contributed by atoms with E-state index in [2.05, 4.69) is 42.6 Å². The molecule has 1 aromatic carbocycles. The minimum absolute atomic E-state index is 0.398. The van der Waals surface area contributed by atoms with E-state index >= 15 is 0 Å². The van der Waals surface area contributed by atoms with Crippen LogP contribution in [0.2, 0.25) is 0 Å². The van der Waals surface area contributed by atoms with Crippen LogP contribution in [0.1, 0.15) is 38.6 Å². The van der Waals surface area contributed by atoms with Gasteiger partial charge in [0.05, 0.1) is 6.54 Å². The van der Waals surface area contributed by atoms with Crippen LogP contribution in [-0.2, 0) is 17.8 Å². The molecule has 8 heteroatoms. The summed E-state index contributed by atoms with van der Waals surface area (Å²) >= 11 is 0. The van der Waals surface area contributed by atoms with Gasteiger partial charge in [0.1, 0.15) is 11.4 Å². The molecule has 0 saturated heterocycles. The number of carbonyl (C=O) groups excluding carboxylic acids is 1. The van der Waals surface area contributed by atoms with Crippen molar-refractivity contribution in [3.05, 3.63) is 54.1 Å². The second kappa shape index (κ2) is 11.1. The number of alkyl carbamates (subject to hydrolysis) is 1. The lowest BCUT2D eigenvalue weighted by Crippen LogP contribution is -2.39. The number of aliphatic imine (C=N–C) groups is 1. The van der Waals surface area contributed by atoms with Crippen molar-refractivity contribution in [3.63, 3.8) is 0 Å². The molecule has 0 atom stereocenters. The summed E-state index contributed by atoms with van der Waals surface area (Å²) < 4.78 is 7.32. The first-order valence-electron chi connectivity index (χ1n) is 9.82. The second-order valence-electron chi connectivity index (χ2n) is 7.59. The van der Waals surface area contributed by atoms with Gasteiger partial charge in [-0.05, 0) is 32.8 Å². The first-order valence-corrected chi connectivity index (χ1v) is 9.82. The van der Waals surface area contributed by atoms with E-state index in [9.17, 15) is 4.79 Å². The fourth-order valence-corrected chi connectivity index (χ4v) is 2.61. The highest BCUT2D eigenvalue weighted by Gasteiger charge is 2.15. The average Bonchev–Trinajstić information content (AvgIpc) is 3.10. The van der Waals surface area contributed by atoms with Crippen molar-refractivity contribution < 1.29 is 9.53 Å². The summed E-state index contributed by atoms with van der Waals surface area (Å²) in [6.07, 6.45) is 4.13. The SMILES string of the molecule is CN=C(NCCCNC(=O)OC(C)(C)C)NCc1nccn1Cc1ccccc1. The van der Waals surface area contributed by atoms with Gasteiger partial charge in [0, 0.05) is 39.1 Å². The summed E-state index contributed by atoms with van der Waals surface area (Å²) in [5.74, 6) is 1.62. The maximum absolute atomic E-state index is 11.6. The molecular weight excluding hydrogens is 368 g/mol. The fourth-order valence-electron chi connectivity index (χ4n) is 2.61. The number of hydrogen-bond acceptors (Lipinski definition) is 4. The zero-order chi connectivity index (χ0) is 21.1. The predicted octanol–water partition coefficient (Wildman–Crippen LogP) is 2.51. The number of nitrogens with zero attached hydrogens (tertiary/aromatic N) is 3. The molecule has 0 aliphatic carbocycles. The summed E-state index contributed by atoms with van der Waals surface area (Å²) in [7, 11) is 1.73. The molecule has 2 rings (SSSR count). The predicted molar refractivity (Wildman–Crippen MR) is 115 cm³/mol. The molecule has 0 bridgehead atoms. The van der Waals surface area contributed by atoms with Gasteiger partial charge in [-0.25, -0.2) is 9.78 Å². The van der Waals surface area contributed by atoms with Crippen molar-refractivity contribution >= 4 is 12.1 Å². The number of benzene rings is 1. The topological polar surface area (TPSA) is 92.6 Å². The third-order valence-electron chi connectivity index (χ3n) is 3.95. The highest BCUT2D eigenvalue weighted by molar-refractivity contribution is 5.79. The van der Waals surface area contributed by atoms with Crippen LogP contribution >= 0.6 is 0 Å². The summed E-state index contributed by atoms with van der Waals surface area (Å²) in [5, 5.41) is 9.25. The van der Waals surface area contributed by atoms with Crippen LogP contribution in [0.5, 0.6) is 0 Å². The Labute approximate surface area is 172 Å². The maximum Gasteiger partial charge on any atom is 0.407 e. The third-order valence-corrected chi connectivity index (χ3v) is 3.95.